The molecule has 0 aliphatic carbocycles. The Morgan fingerprint density at radius 2 is 1.35 bits per heavy atom. The van der Waals surface area contributed by atoms with Crippen LogP contribution >= 0.6 is 0 Å². The largest absolute Gasteiger partial charge is 0.459 e. The maximum Gasteiger partial charge on any atom is 0.291 e. The van der Waals surface area contributed by atoms with Crippen molar-refractivity contribution in [1.82, 2.24) is 0 Å². The van der Waals surface area contributed by atoms with Crippen molar-refractivity contribution < 1.29 is 26.8 Å². The predicted octanol–water partition coefficient (Wildman–Crippen LogP) is 4.72. The van der Waals surface area contributed by atoms with E-state index >= 15 is 0 Å². The molecule has 0 aliphatic rings. The Hall–Kier alpha value is -4.44. The molecule has 0 unspecified atom stereocenters. The van der Waals surface area contributed by atoms with E-state index in [9.17, 15) is 22.4 Å². The van der Waals surface area contributed by atoms with E-state index in [-0.39, 0.29) is 21.9 Å². The van der Waals surface area contributed by atoms with Crippen molar-refractivity contribution in [1.29, 1.82) is 0 Å². The van der Waals surface area contributed by atoms with Gasteiger partial charge >= 0.3 is 0 Å². The fraction of sp³-hybridized carbons (Fsp3) is 0. The van der Waals surface area contributed by atoms with Gasteiger partial charge in [-0.1, -0.05) is 12.1 Å². The highest BCUT2D eigenvalue weighted by Gasteiger charge is 2.19. The van der Waals surface area contributed by atoms with Crippen molar-refractivity contribution in [3.8, 4) is 0 Å². The van der Waals surface area contributed by atoms with Gasteiger partial charge in [-0.3, -0.25) is 14.3 Å². The normalized spacial score (nSPS) is 11.0. The number of rotatable bonds is 7. The van der Waals surface area contributed by atoms with E-state index in [1.165, 1.54) is 24.5 Å². The molecule has 2 amide bonds. The van der Waals surface area contributed by atoms with E-state index in [1.807, 2.05) is 0 Å². The Morgan fingerprint density at radius 1 is 0.735 bits per heavy atom. The van der Waals surface area contributed by atoms with Crippen LogP contribution in [0, 0.1) is 5.82 Å². The number of furan rings is 1. The highest BCUT2D eigenvalue weighted by molar-refractivity contribution is 7.92. The number of carbonyl (C=O) groups excluding carboxylic acids is 2. The monoisotopic (exact) mass is 479 g/mol. The van der Waals surface area contributed by atoms with Gasteiger partial charge in [-0.25, -0.2) is 12.8 Å². The average molecular weight is 479 g/mol. The van der Waals surface area contributed by atoms with E-state index in [4.69, 9.17) is 4.42 Å². The molecule has 0 saturated heterocycles. The van der Waals surface area contributed by atoms with Crippen molar-refractivity contribution >= 4 is 38.9 Å². The molecule has 10 heteroatoms. The van der Waals surface area contributed by atoms with Crippen LogP contribution in [0.2, 0.25) is 0 Å². The summed E-state index contributed by atoms with van der Waals surface area (Å²) in [5.41, 5.74) is 1.07. The highest BCUT2D eigenvalue weighted by atomic mass is 32.2. The number of amides is 2. The first-order valence-electron chi connectivity index (χ1n) is 9.95. The lowest BCUT2D eigenvalue weighted by Crippen LogP contribution is -2.18. The molecular weight excluding hydrogens is 461 g/mol. The minimum atomic E-state index is -4.04. The molecule has 0 saturated carbocycles. The molecule has 0 aliphatic heterocycles. The lowest BCUT2D eigenvalue weighted by molar-refractivity contribution is 0.0994. The van der Waals surface area contributed by atoms with E-state index < -0.39 is 27.7 Å². The number of benzene rings is 3. The number of sulfonamides is 1. The SMILES string of the molecule is O=C(Nc1ccc(NC(=O)c2ccccc2NS(=O)(=O)c2ccc(F)cc2)cc1)c1ccco1. The summed E-state index contributed by atoms with van der Waals surface area (Å²) in [6, 6.07) is 19.9. The number of carbonyl (C=O) groups is 2. The quantitative estimate of drug-likeness (QED) is 0.354. The number of hydrogen-bond acceptors (Lipinski definition) is 5. The van der Waals surface area contributed by atoms with Crippen molar-refractivity contribution in [3.05, 3.63) is 108 Å². The average Bonchev–Trinajstić information content (AvgIpc) is 3.36. The molecule has 4 aromatic rings. The Kier molecular flexibility index (Phi) is 6.42. The zero-order valence-corrected chi connectivity index (χ0v) is 18.3. The summed E-state index contributed by atoms with van der Waals surface area (Å²) in [7, 11) is -4.04. The number of anilines is 3. The molecule has 0 fully saturated rings. The third kappa shape index (κ3) is 5.30. The van der Waals surface area contributed by atoms with Crippen LogP contribution in [0.3, 0.4) is 0 Å². The maximum atomic E-state index is 13.1. The van der Waals surface area contributed by atoms with E-state index in [0.717, 1.165) is 24.3 Å². The third-order valence-corrected chi connectivity index (χ3v) is 6.07. The molecule has 0 spiro atoms. The summed E-state index contributed by atoms with van der Waals surface area (Å²) < 4.78 is 45.8. The summed E-state index contributed by atoms with van der Waals surface area (Å²) in [6.07, 6.45) is 1.39. The van der Waals surface area contributed by atoms with Gasteiger partial charge < -0.3 is 15.1 Å². The minimum Gasteiger partial charge on any atom is -0.459 e. The molecule has 0 bridgehead atoms. The smallest absolute Gasteiger partial charge is 0.291 e. The van der Waals surface area contributed by atoms with Crippen molar-refractivity contribution in [2.45, 2.75) is 4.90 Å². The van der Waals surface area contributed by atoms with Gasteiger partial charge in [0.2, 0.25) is 0 Å². The van der Waals surface area contributed by atoms with Crippen LogP contribution in [0.25, 0.3) is 0 Å². The van der Waals surface area contributed by atoms with Gasteiger partial charge in [0.05, 0.1) is 22.4 Å². The molecule has 34 heavy (non-hydrogen) atoms. The maximum absolute atomic E-state index is 13.1. The Morgan fingerprint density at radius 3 is 1.97 bits per heavy atom. The van der Waals surface area contributed by atoms with Crippen LogP contribution in [0.4, 0.5) is 21.5 Å². The van der Waals surface area contributed by atoms with E-state index in [0.29, 0.717) is 11.4 Å². The van der Waals surface area contributed by atoms with Crippen molar-refractivity contribution in [2.24, 2.45) is 0 Å². The first-order chi connectivity index (χ1) is 16.3. The zero-order chi connectivity index (χ0) is 24.1. The summed E-state index contributed by atoms with van der Waals surface area (Å²) >= 11 is 0. The molecule has 0 atom stereocenters. The Bertz CT molecular complexity index is 1420. The van der Waals surface area contributed by atoms with E-state index in [2.05, 4.69) is 15.4 Å². The second kappa shape index (κ2) is 9.59. The van der Waals surface area contributed by atoms with Crippen LogP contribution < -0.4 is 15.4 Å². The molecule has 0 radical (unpaired) electrons. The number of nitrogens with one attached hydrogen (secondary N) is 3. The van der Waals surface area contributed by atoms with Gasteiger partial charge in [-0.05, 0) is 72.8 Å². The van der Waals surface area contributed by atoms with Gasteiger partial charge in [-0.2, -0.15) is 0 Å². The minimum absolute atomic E-state index is 0.0617. The van der Waals surface area contributed by atoms with Crippen LogP contribution in [0.15, 0.2) is 101 Å². The lowest BCUT2D eigenvalue weighted by atomic mass is 10.1. The number of halogens is 1. The fourth-order valence-electron chi connectivity index (χ4n) is 3.02. The predicted molar refractivity (Wildman–Crippen MR) is 125 cm³/mol. The second-order valence-corrected chi connectivity index (χ2v) is 8.75. The molecule has 8 nitrogen and oxygen atoms in total. The molecule has 4 rings (SSSR count). The van der Waals surface area contributed by atoms with E-state index in [1.54, 1.807) is 42.5 Å². The fourth-order valence-corrected chi connectivity index (χ4v) is 4.10. The van der Waals surface area contributed by atoms with Crippen LogP contribution in [0.5, 0.6) is 0 Å². The van der Waals surface area contributed by atoms with Gasteiger partial charge in [0.15, 0.2) is 5.76 Å². The topological polar surface area (TPSA) is 118 Å². The van der Waals surface area contributed by atoms with Crippen molar-refractivity contribution in [3.63, 3.8) is 0 Å². The van der Waals surface area contributed by atoms with Gasteiger partial charge in [0, 0.05) is 11.4 Å². The second-order valence-electron chi connectivity index (χ2n) is 7.07. The first kappa shape index (κ1) is 22.7. The van der Waals surface area contributed by atoms with Crippen LogP contribution in [0.1, 0.15) is 20.9 Å². The van der Waals surface area contributed by atoms with Gasteiger partial charge in [0.1, 0.15) is 5.82 Å². The molecule has 3 aromatic carbocycles. The number of hydrogen-bond donors (Lipinski definition) is 3. The summed E-state index contributed by atoms with van der Waals surface area (Å²) in [5.74, 6) is -1.36. The summed E-state index contributed by atoms with van der Waals surface area (Å²) in [5, 5.41) is 5.35. The summed E-state index contributed by atoms with van der Waals surface area (Å²) in [4.78, 5) is 24.7. The molecule has 1 aromatic heterocycles. The zero-order valence-electron chi connectivity index (χ0n) is 17.5. The lowest BCUT2D eigenvalue weighted by Gasteiger charge is -2.13. The molecular formula is C24H18FN3O5S. The summed E-state index contributed by atoms with van der Waals surface area (Å²) in [6.45, 7) is 0. The Balaban J connectivity index is 1.46. The third-order valence-electron chi connectivity index (χ3n) is 4.69. The van der Waals surface area contributed by atoms with Gasteiger partial charge in [0.25, 0.3) is 21.8 Å². The molecule has 172 valence electrons. The van der Waals surface area contributed by atoms with Gasteiger partial charge in [-0.15, -0.1) is 0 Å². The number of para-hydroxylation sites is 1. The Labute approximate surface area is 194 Å². The standard InChI is InChI=1S/C24H18FN3O5S/c25-16-7-13-19(14-8-16)34(31,32)28-21-5-2-1-4-20(21)23(29)26-17-9-11-18(12-10-17)27-24(30)22-6-3-15-33-22/h1-15,28H,(H,26,29)(H,27,30). The van der Waals surface area contributed by atoms with Crippen molar-refractivity contribution in [2.75, 3.05) is 15.4 Å². The first-order valence-corrected chi connectivity index (χ1v) is 11.4. The van der Waals surface area contributed by atoms with Crippen LogP contribution in [-0.2, 0) is 10.0 Å². The molecule has 1 heterocycles. The highest BCUT2D eigenvalue weighted by Crippen LogP contribution is 2.22. The van der Waals surface area contributed by atoms with Crippen LogP contribution in [-0.4, -0.2) is 20.2 Å². The molecule has 3 N–H and O–H groups in total.